The maximum atomic E-state index is 12.2. The molecule has 1 amide bonds. The lowest BCUT2D eigenvalue weighted by Crippen LogP contribution is -2.38. The van der Waals surface area contributed by atoms with Crippen molar-refractivity contribution < 1.29 is 22.7 Å². The van der Waals surface area contributed by atoms with Crippen molar-refractivity contribution in [2.75, 3.05) is 11.9 Å². The maximum Gasteiger partial charge on any atom is 0.240 e. The van der Waals surface area contributed by atoms with E-state index in [1.54, 1.807) is 12.1 Å². The van der Waals surface area contributed by atoms with Gasteiger partial charge in [-0.05, 0) is 43.3 Å². The molecule has 1 aromatic heterocycles. The smallest absolute Gasteiger partial charge is 0.240 e. The van der Waals surface area contributed by atoms with Crippen molar-refractivity contribution in [2.24, 2.45) is 0 Å². The second-order valence-corrected chi connectivity index (χ2v) is 7.05. The lowest BCUT2D eigenvalue weighted by Gasteiger charge is -2.21. The highest BCUT2D eigenvalue weighted by Crippen LogP contribution is 2.21. The zero-order chi connectivity index (χ0) is 17.1. The molecule has 0 saturated heterocycles. The number of furan rings is 1. The third-order valence-electron chi connectivity index (χ3n) is 3.14. The van der Waals surface area contributed by atoms with Crippen molar-refractivity contribution in [3.05, 3.63) is 48.4 Å². The van der Waals surface area contributed by atoms with Crippen molar-refractivity contribution >= 4 is 21.6 Å². The average Bonchev–Trinajstić information content (AvgIpc) is 3.00. The van der Waals surface area contributed by atoms with Gasteiger partial charge in [0.2, 0.25) is 15.9 Å². The zero-order valence-electron chi connectivity index (χ0n) is 12.7. The van der Waals surface area contributed by atoms with Gasteiger partial charge < -0.3 is 14.8 Å². The molecule has 0 bridgehead atoms. The lowest BCUT2D eigenvalue weighted by molar-refractivity contribution is -0.114. The molecule has 0 spiro atoms. The summed E-state index contributed by atoms with van der Waals surface area (Å²) in [5.74, 6) is 0.0226. The van der Waals surface area contributed by atoms with E-state index in [4.69, 9.17) is 4.42 Å². The number of nitrogens with one attached hydrogen (secondary N) is 2. The van der Waals surface area contributed by atoms with Crippen LogP contribution >= 0.6 is 0 Å². The zero-order valence-corrected chi connectivity index (χ0v) is 13.6. The standard InChI is InChI=1S/C15H18N2O5S/c1-11(18)17-12-5-7-13(8-6-12)23(20,21)16-10-15(2,19)14-4-3-9-22-14/h3-9,16,19H,10H2,1-2H3,(H,17,18)/t15-/m0/s1. The van der Waals surface area contributed by atoms with Crippen molar-refractivity contribution in [3.8, 4) is 0 Å². The van der Waals surface area contributed by atoms with Crippen LogP contribution < -0.4 is 10.0 Å². The fourth-order valence-corrected chi connectivity index (χ4v) is 3.04. The van der Waals surface area contributed by atoms with E-state index >= 15 is 0 Å². The third-order valence-corrected chi connectivity index (χ3v) is 4.56. The fraction of sp³-hybridized carbons (Fsp3) is 0.267. The van der Waals surface area contributed by atoms with Crippen LogP contribution in [0.1, 0.15) is 19.6 Å². The Balaban J connectivity index is 2.08. The molecule has 0 radical (unpaired) electrons. The quantitative estimate of drug-likeness (QED) is 0.738. The van der Waals surface area contributed by atoms with Gasteiger partial charge in [-0.2, -0.15) is 0 Å². The van der Waals surface area contributed by atoms with E-state index < -0.39 is 15.6 Å². The van der Waals surface area contributed by atoms with Crippen LogP contribution in [0.2, 0.25) is 0 Å². The Bertz CT molecular complexity index is 765. The van der Waals surface area contributed by atoms with Gasteiger partial charge in [0.15, 0.2) is 0 Å². The van der Waals surface area contributed by atoms with E-state index in [0.29, 0.717) is 5.69 Å². The molecular weight excluding hydrogens is 320 g/mol. The van der Waals surface area contributed by atoms with Crippen LogP contribution in [-0.4, -0.2) is 26.0 Å². The molecule has 2 aromatic rings. The molecule has 23 heavy (non-hydrogen) atoms. The first kappa shape index (κ1) is 17.2. The minimum absolute atomic E-state index is 0.0295. The lowest BCUT2D eigenvalue weighted by atomic mass is 10.1. The Morgan fingerprint density at radius 3 is 2.43 bits per heavy atom. The minimum atomic E-state index is -3.79. The normalized spacial score (nSPS) is 14.2. The van der Waals surface area contributed by atoms with Gasteiger partial charge in [0.05, 0.1) is 11.2 Å². The number of hydrogen-bond acceptors (Lipinski definition) is 5. The molecule has 1 atom stereocenters. The Morgan fingerprint density at radius 2 is 1.91 bits per heavy atom. The molecule has 0 fully saturated rings. The summed E-state index contributed by atoms with van der Waals surface area (Å²) in [6.45, 7) is 2.58. The summed E-state index contributed by atoms with van der Waals surface area (Å²) in [6, 6.07) is 8.89. The SMILES string of the molecule is CC(=O)Nc1ccc(S(=O)(=O)NC[C@](C)(O)c2ccco2)cc1. The molecule has 1 heterocycles. The van der Waals surface area contributed by atoms with Crippen LogP contribution in [-0.2, 0) is 20.4 Å². The highest BCUT2D eigenvalue weighted by molar-refractivity contribution is 7.89. The van der Waals surface area contributed by atoms with Crippen LogP contribution in [0.15, 0.2) is 52.0 Å². The predicted molar refractivity (Wildman–Crippen MR) is 84.2 cm³/mol. The van der Waals surface area contributed by atoms with Gasteiger partial charge in [-0.25, -0.2) is 13.1 Å². The van der Waals surface area contributed by atoms with Gasteiger partial charge in [-0.3, -0.25) is 4.79 Å². The Labute approximate surface area is 134 Å². The van der Waals surface area contributed by atoms with Gasteiger partial charge in [0, 0.05) is 19.2 Å². The second-order valence-electron chi connectivity index (χ2n) is 5.28. The number of anilines is 1. The molecule has 0 saturated carbocycles. The van der Waals surface area contributed by atoms with E-state index in [2.05, 4.69) is 10.0 Å². The third kappa shape index (κ3) is 4.41. The summed E-state index contributed by atoms with van der Waals surface area (Å²) in [5.41, 5.74) is -0.966. The van der Waals surface area contributed by atoms with Crippen LogP contribution in [0.25, 0.3) is 0 Å². The minimum Gasteiger partial charge on any atom is -0.466 e. The Kier molecular flexibility index (Phi) is 4.88. The number of aliphatic hydroxyl groups is 1. The molecule has 7 nitrogen and oxygen atoms in total. The summed E-state index contributed by atoms with van der Waals surface area (Å²) < 4.78 is 31.9. The molecule has 0 aliphatic heterocycles. The highest BCUT2D eigenvalue weighted by Gasteiger charge is 2.28. The second kappa shape index (κ2) is 6.53. The van der Waals surface area contributed by atoms with Gasteiger partial charge >= 0.3 is 0 Å². The van der Waals surface area contributed by atoms with Gasteiger partial charge in [0.1, 0.15) is 11.4 Å². The number of rotatable bonds is 6. The monoisotopic (exact) mass is 338 g/mol. The van der Waals surface area contributed by atoms with Crippen molar-refractivity contribution in [2.45, 2.75) is 24.3 Å². The largest absolute Gasteiger partial charge is 0.466 e. The van der Waals surface area contributed by atoms with Crippen molar-refractivity contribution in [1.82, 2.24) is 4.72 Å². The molecule has 2 rings (SSSR count). The summed E-state index contributed by atoms with van der Waals surface area (Å²) in [7, 11) is -3.79. The number of carbonyl (C=O) groups is 1. The number of benzene rings is 1. The van der Waals surface area contributed by atoms with E-state index in [1.807, 2.05) is 0 Å². The summed E-state index contributed by atoms with van der Waals surface area (Å²) in [5, 5.41) is 12.8. The average molecular weight is 338 g/mol. The van der Waals surface area contributed by atoms with Crippen LogP contribution in [0, 0.1) is 0 Å². The molecule has 1 aromatic carbocycles. The molecule has 3 N–H and O–H groups in total. The van der Waals surface area contributed by atoms with E-state index in [-0.39, 0.29) is 23.1 Å². The van der Waals surface area contributed by atoms with Gasteiger partial charge in [0.25, 0.3) is 0 Å². The summed E-state index contributed by atoms with van der Waals surface area (Å²) in [4.78, 5) is 11.0. The molecule has 0 unspecified atom stereocenters. The first-order valence-corrected chi connectivity index (χ1v) is 8.33. The van der Waals surface area contributed by atoms with Crippen LogP contribution in [0.4, 0.5) is 5.69 Å². The number of amides is 1. The maximum absolute atomic E-state index is 12.2. The molecule has 0 aliphatic carbocycles. The molecule has 8 heteroatoms. The highest BCUT2D eigenvalue weighted by atomic mass is 32.2. The molecule has 124 valence electrons. The Hall–Kier alpha value is -2.16. The van der Waals surface area contributed by atoms with Gasteiger partial charge in [-0.1, -0.05) is 0 Å². The molecule has 0 aliphatic rings. The number of carbonyl (C=O) groups excluding carboxylic acids is 1. The van der Waals surface area contributed by atoms with E-state index in [0.717, 1.165) is 0 Å². The molecular formula is C15H18N2O5S. The van der Waals surface area contributed by atoms with Crippen LogP contribution in [0.3, 0.4) is 0 Å². The fourth-order valence-electron chi connectivity index (χ4n) is 1.91. The van der Waals surface area contributed by atoms with Crippen LogP contribution in [0.5, 0.6) is 0 Å². The first-order valence-electron chi connectivity index (χ1n) is 6.84. The summed E-state index contributed by atoms with van der Waals surface area (Å²) in [6.07, 6.45) is 1.40. The van der Waals surface area contributed by atoms with E-state index in [1.165, 1.54) is 44.4 Å². The topological polar surface area (TPSA) is 109 Å². The van der Waals surface area contributed by atoms with Crippen molar-refractivity contribution in [3.63, 3.8) is 0 Å². The number of sulfonamides is 1. The summed E-state index contributed by atoms with van der Waals surface area (Å²) >= 11 is 0. The van der Waals surface area contributed by atoms with Gasteiger partial charge in [-0.15, -0.1) is 0 Å². The van der Waals surface area contributed by atoms with Crippen molar-refractivity contribution in [1.29, 1.82) is 0 Å². The number of hydrogen-bond donors (Lipinski definition) is 3. The Morgan fingerprint density at radius 1 is 1.26 bits per heavy atom. The first-order chi connectivity index (χ1) is 10.7. The van der Waals surface area contributed by atoms with E-state index in [9.17, 15) is 18.3 Å². The predicted octanol–water partition coefficient (Wildman–Crippen LogP) is 1.42.